The molecule has 0 bridgehead atoms. The maximum Gasteiger partial charge on any atom is 0.159 e. The predicted molar refractivity (Wildman–Crippen MR) is 154 cm³/mol. The van der Waals surface area contributed by atoms with Crippen LogP contribution in [0.5, 0.6) is 0 Å². The first-order valence-corrected chi connectivity index (χ1v) is 13.9. The number of hydrogen-bond acceptors (Lipinski definition) is 3. The van der Waals surface area contributed by atoms with Gasteiger partial charge in [0.05, 0.1) is 0 Å². The van der Waals surface area contributed by atoms with Gasteiger partial charge < -0.3 is 5.32 Å². The van der Waals surface area contributed by atoms with Gasteiger partial charge >= 0.3 is 0 Å². The van der Waals surface area contributed by atoms with Crippen LogP contribution in [0.25, 0.3) is 11.4 Å². The summed E-state index contributed by atoms with van der Waals surface area (Å²) in [5.74, 6) is 0.764. The summed E-state index contributed by atoms with van der Waals surface area (Å²) in [5.41, 5.74) is 5.64. The Morgan fingerprint density at radius 2 is 1.20 bits per heavy atom. The summed E-state index contributed by atoms with van der Waals surface area (Å²) in [5, 5.41) is 3.36. The van der Waals surface area contributed by atoms with E-state index in [0.717, 1.165) is 40.5 Å². The van der Waals surface area contributed by atoms with Crippen molar-refractivity contribution in [2.75, 3.05) is 5.32 Å². The number of thiocarbonyl (C=S) groups is 1. The monoisotopic (exact) mass is 487 g/mol. The first kappa shape index (κ1) is 27.0. The highest BCUT2D eigenvalue weighted by molar-refractivity contribution is 7.81. The summed E-state index contributed by atoms with van der Waals surface area (Å²) in [4.78, 5) is 9.94. The number of unbranched alkanes of at least 4 members (excludes halogenated alkanes) is 8. The summed E-state index contributed by atoms with van der Waals surface area (Å²) >= 11 is 5.64. The number of aromatic nitrogens is 2. The van der Waals surface area contributed by atoms with E-state index in [9.17, 15) is 0 Å². The van der Waals surface area contributed by atoms with Crippen molar-refractivity contribution in [1.82, 2.24) is 9.97 Å². The molecule has 4 heteroatoms. The van der Waals surface area contributed by atoms with Gasteiger partial charge in [-0.25, -0.2) is 9.97 Å². The Hall–Kier alpha value is -2.59. The highest BCUT2D eigenvalue weighted by atomic mass is 32.1. The quantitative estimate of drug-likeness (QED) is 0.171. The minimum absolute atomic E-state index is 0.741. The second-order valence-corrected chi connectivity index (χ2v) is 9.88. The van der Waals surface area contributed by atoms with Gasteiger partial charge in [0, 0.05) is 29.2 Å². The minimum Gasteiger partial charge on any atom is -0.346 e. The summed E-state index contributed by atoms with van der Waals surface area (Å²) in [7, 11) is 0. The average Bonchev–Trinajstić information content (AvgIpc) is 2.90. The lowest BCUT2D eigenvalue weighted by atomic mass is 10.0. The minimum atomic E-state index is 0.741. The molecule has 3 aromatic rings. The van der Waals surface area contributed by atoms with Gasteiger partial charge in [-0.1, -0.05) is 102 Å². The SMILES string of the molecule is CCCCCCCCc1cnc(-c2ccc(NC(=S)c3ccc(CCCCCC)cc3)cc2)nc1. The predicted octanol–water partition coefficient (Wildman–Crippen LogP) is 8.96. The van der Waals surface area contributed by atoms with Crippen molar-refractivity contribution in [2.24, 2.45) is 0 Å². The Labute approximate surface area is 217 Å². The molecular weight excluding hydrogens is 446 g/mol. The highest BCUT2D eigenvalue weighted by Crippen LogP contribution is 2.20. The molecule has 3 rings (SSSR count). The number of rotatable bonds is 15. The number of nitrogens with zero attached hydrogens (tertiary/aromatic N) is 2. The molecule has 2 aromatic carbocycles. The molecule has 0 atom stereocenters. The molecule has 0 saturated heterocycles. The van der Waals surface area contributed by atoms with E-state index in [4.69, 9.17) is 12.2 Å². The van der Waals surface area contributed by atoms with Crippen molar-refractivity contribution < 1.29 is 0 Å². The van der Waals surface area contributed by atoms with Crippen LogP contribution < -0.4 is 5.32 Å². The standard InChI is InChI=1S/C31H41N3S/c1-3-5-7-9-10-12-14-26-23-32-30(33-24-26)27-19-21-29(22-20-27)34-31(35)28-17-15-25(16-18-28)13-11-8-6-4-2/h15-24H,3-14H2,1-2H3,(H,34,35). The second kappa shape index (κ2) is 15.4. The zero-order valence-corrected chi connectivity index (χ0v) is 22.4. The van der Waals surface area contributed by atoms with Gasteiger partial charge in [-0.3, -0.25) is 0 Å². The van der Waals surface area contributed by atoms with Gasteiger partial charge in [0.2, 0.25) is 0 Å². The van der Waals surface area contributed by atoms with Crippen LogP contribution >= 0.6 is 12.2 Å². The third-order valence-corrected chi connectivity index (χ3v) is 6.80. The molecule has 0 aliphatic rings. The normalized spacial score (nSPS) is 10.9. The molecule has 1 heterocycles. The Kier molecular flexibility index (Phi) is 11.9. The molecule has 3 nitrogen and oxygen atoms in total. The van der Waals surface area contributed by atoms with E-state index in [-0.39, 0.29) is 0 Å². The van der Waals surface area contributed by atoms with Crippen molar-refractivity contribution >= 4 is 22.9 Å². The maximum atomic E-state index is 5.64. The molecule has 0 aliphatic heterocycles. The van der Waals surface area contributed by atoms with Crippen molar-refractivity contribution in [3.05, 3.63) is 77.6 Å². The lowest BCUT2D eigenvalue weighted by Crippen LogP contribution is -2.10. The van der Waals surface area contributed by atoms with E-state index >= 15 is 0 Å². The molecule has 0 unspecified atom stereocenters. The fourth-order valence-electron chi connectivity index (χ4n) is 4.23. The summed E-state index contributed by atoms with van der Waals surface area (Å²) < 4.78 is 0. The molecule has 1 N–H and O–H groups in total. The third kappa shape index (κ3) is 9.52. The topological polar surface area (TPSA) is 37.8 Å². The summed E-state index contributed by atoms with van der Waals surface area (Å²) in [6.07, 6.45) is 19.2. The molecule has 1 aromatic heterocycles. The summed E-state index contributed by atoms with van der Waals surface area (Å²) in [6, 6.07) is 16.8. The van der Waals surface area contributed by atoms with E-state index in [1.807, 2.05) is 36.7 Å². The van der Waals surface area contributed by atoms with Crippen LogP contribution in [0.15, 0.2) is 60.9 Å². The van der Waals surface area contributed by atoms with E-state index < -0.39 is 0 Å². The number of hydrogen-bond donors (Lipinski definition) is 1. The average molecular weight is 488 g/mol. The van der Waals surface area contributed by atoms with Crippen LogP contribution in [0, 0.1) is 0 Å². The first-order valence-electron chi connectivity index (χ1n) is 13.5. The Morgan fingerprint density at radius 1 is 0.657 bits per heavy atom. The smallest absolute Gasteiger partial charge is 0.159 e. The van der Waals surface area contributed by atoms with Crippen molar-refractivity contribution in [1.29, 1.82) is 0 Å². The maximum absolute atomic E-state index is 5.64. The molecule has 0 saturated carbocycles. The zero-order chi connectivity index (χ0) is 24.7. The van der Waals surface area contributed by atoms with Gasteiger partial charge in [0.25, 0.3) is 0 Å². The Bertz CT molecular complexity index is 995. The van der Waals surface area contributed by atoms with Crippen molar-refractivity contribution in [2.45, 2.75) is 90.9 Å². The van der Waals surface area contributed by atoms with Gasteiger partial charge in [-0.15, -0.1) is 0 Å². The molecule has 0 spiro atoms. The molecule has 35 heavy (non-hydrogen) atoms. The van der Waals surface area contributed by atoms with Crippen LogP contribution in [0.4, 0.5) is 5.69 Å². The van der Waals surface area contributed by atoms with Gasteiger partial charge in [-0.05, 0) is 61.1 Å². The van der Waals surface area contributed by atoms with Crippen molar-refractivity contribution in [3.8, 4) is 11.4 Å². The van der Waals surface area contributed by atoms with E-state index in [1.165, 1.54) is 75.3 Å². The molecule has 0 fully saturated rings. The third-order valence-electron chi connectivity index (χ3n) is 6.46. The lowest BCUT2D eigenvalue weighted by Gasteiger charge is -2.10. The number of anilines is 1. The molecule has 0 aliphatic carbocycles. The van der Waals surface area contributed by atoms with Gasteiger partial charge in [-0.2, -0.15) is 0 Å². The van der Waals surface area contributed by atoms with Crippen LogP contribution in [0.3, 0.4) is 0 Å². The van der Waals surface area contributed by atoms with Crippen LogP contribution in [-0.2, 0) is 12.8 Å². The molecule has 186 valence electrons. The molecular formula is C31H41N3S. The molecule has 0 radical (unpaired) electrons. The number of aryl methyl sites for hydroxylation is 2. The lowest BCUT2D eigenvalue weighted by molar-refractivity contribution is 0.607. The largest absolute Gasteiger partial charge is 0.346 e. The first-order chi connectivity index (χ1) is 17.2. The zero-order valence-electron chi connectivity index (χ0n) is 21.6. The van der Waals surface area contributed by atoms with E-state index in [1.54, 1.807) is 0 Å². The van der Waals surface area contributed by atoms with Gasteiger partial charge in [0.1, 0.15) is 4.99 Å². The van der Waals surface area contributed by atoms with E-state index in [0.29, 0.717) is 0 Å². The van der Waals surface area contributed by atoms with Crippen LogP contribution in [0.1, 0.15) is 94.7 Å². The number of benzene rings is 2. The second-order valence-electron chi connectivity index (χ2n) is 9.47. The van der Waals surface area contributed by atoms with Crippen LogP contribution in [0.2, 0.25) is 0 Å². The highest BCUT2D eigenvalue weighted by Gasteiger charge is 2.05. The fourth-order valence-corrected chi connectivity index (χ4v) is 4.48. The fraction of sp³-hybridized carbons (Fsp3) is 0.452. The Morgan fingerprint density at radius 3 is 1.83 bits per heavy atom. The number of nitrogens with one attached hydrogen (secondary N) is 1. The van der Waals surface area contributed by atoms with Gasteiger partial charge in [0.15, 0.2) is 5.82 Å². The molecule has 0 amide bonds. The Balaban J connectivity index is 1.46. The van der Waals surface area contributed by atoms with Crippen molar-refractivity contribution in [3.63, 3.8) is 0 Å². The van der Waals surface area contributed by atoms with Crippen LogP contribution in [-0.4, -0.2) is 15.0 Å². The summed E-state index contributed by atoms with van der Waals surface area (Å²) in [6.45, 7) is 4.51. The van der Waals surface area contributed by atoms with E-state index in [2.05, 4.69) is 53.4 Å².